The standard InChI is InChI=1S/C37H70O4/c1-3-5-7-8-9-10-11-17-20-23-26-30-34-37(40)41-35(31-27-6-4-2)32-28-24-21-18-15-13-12-14-16-19-22-25-29-33-36(38)39/h8-9,35H,3-7,10-34H2,1-2H3,(H,38,39)/b9-8-. The average Bonchev–Trinajstić information content (AvgIpc) is 2.95. The van der Waals surface area contributed by atoms with Gasteiger partial charge in [0.1, 0.15) is 6.10 Å². The van der Waals surface area contributed by atoms with Gasteiger partial charge in [0.15, 0.2) is 0 Å². The molecule has 0 saturated carbocycles. The summed E-state index contributed by atoms with van der Waals surface area (Å²) in [5.41, 5.74) is 0. The van der Waals surface area contributed by atoms with Gasteiger partial charge in [-0.25, -0.2) is 0 Å². The van der Waals surface area contributed by atoms with E-state index in [0.717, 1.165) is 38.5 Å². The summed E-state index contributed by atoms with van der Waals surface area (Å²) < 4.78 is 5.95. The predicted octanol–water partition coefficient (Wildman–Crippen LogP) is 12.3. The predicted molar refractivity (Wildman–Crippen MR) is 177 cm³/mol. The third-order valence-corrected chi connectivity index (χ3v) is 8.24. The van der Waals surface area contributed by atoms with Gasteiger partial charge in [0.2, 0.25) is 0 Å². The molecule has 0 aromatic rings. The SMILES string of the molecule is CCCC/C=C\CCCCCCCCC(=O)OC(CCCCC)CCCCCCCCCCCCCCCC(=O)O. The van der Waals surface area contributed by atoms with Crippen LogP contribution in [0.15, 0.2) is 12.2 Å². The number of carbonyl (C=O) groups is 2. The Morgan fingerprint density at radius 3 is 1.39 bits per heavy atom. The lowest BCUT2D eigenvalue weighted by molar-refractivity contribution is -0.150. The van der Waals surface area contributed by atoms with Crippen molar-refractivity contribution in [3.05, 3.63) is 12.2 Å². The minimum Gasteiger partial charge on any atom is -0.481 e. The molecule has 0 aromatic carbocycles. The summed E-state index contributed by atoms with van der Waals surface area (Å²) in [4.78, 5) is 23.0. The lowest BCUT2D eigenvalue weighted by Crippen LogP contribution is -2.18. The van der Waals surface area contributed by atoms with Crippen LogP contribution in [0.5, 0.6) is 0 Å². The van der Waals surface area contributed by atoms with Crippen LogP contribution in [0.2, 0.25) is 0 Å². The van der Waals surface area contributed by atoms with Crippen LogP contribution in [0.25, 0.3) is 0 Å². The molecule has 1 unspecified atom stereocenters. The van der Waals surface area contributed by atoms with Gasteiger partial charge in [-0.05, 0) is 57.8 Å². The molecule has 0 radical (unpaired) electrons. The zero-order valence-corrected chi connectivity index (χ0v) is 27.6. The highest BCUT2D eigenvalue weighted by atomic mass is 16.5. The van der Waals surface area contributed by atoms with E-state index in [1.165, 1.54) is 141 Å². The van der Waals surface area contributed by atoms with Crippen molar-refractivity contribution < 1.29 is 19.4 Å². The number of esters is 1. The third kappa shape index (κ3) is 33.1. The maximum absolute atomic E-state index is 12.5. The van der Waals surface area contributed by atoms with Crippen LogP contribution in [0, 0.1) is 0 Å². The highest BCUT2D eigenvalue weighted by Crippen LogP contribution is 2.18. The first kappa shape index (κ1) is 39.7. The van der Waals surface area contributed by atoms with Crippen LogP contribution in [-0.4, -0.2) is 23.1 Å². The Morgan fingerprint density at radius 2 is 0.902 bits per heavy atom. The summed E-state index contributed by atoms with van der Waals surface area (Å²) in [7, 11) is 0. The molecule has 1 N–H and O–H groups in total. The summed E-state index contributed by atoms with van der Waals surface area (Å²) in [6.45, 7) is 4.48. The van der Waals surface area contributed by atoms with Gasteiger partial charge >= 0.3 is 11.9 Å². The topological polar surface area (TPSA) is 63.6 Å². The summed E-state index contributed by atoms with van der Waals surface area (Å²) >= 11 is 0. The molecule has 0 heterocycles. The summed E-state index contributed by atoms with van der Waals surface area (Å²) in [5, 5.41) is 8.66. The molecule has 0 amide bonds. The fraction of sp³-hybridized carbons (Fsp3) is 0.892. The van der Waals surface area contributed by atoms with Crippen LogP contribution < -0.4 is 0 Å². The number of hydrogen-bond donors (Lipinski definition) is 1. The van der Waals surface area contributed by atoms with E-state index in [0.29, 0.717) is 12.8 Å². The zero-order chi connectivity index (χ0) is 30.1. The Kier molecular flexibility index (Phi) is 32.1. The first-order valence-electron chi connectivity index (χ1n) is 18.2. The highest BCUT2D eigenvalue weighted by molar-refractivity contribution is 5.69. The molecular weight excluding hydrogens is 508 g/mol. The fourth-order valence-corrected chi connectivity index (χ4v) is 5.52. The Hall–Kier alpha value is -1.32. The van der Waals surface area contributed by atoms with Crippen LogP contribution in [0.1, 0.15) is 206 Å². The minimum absolute atomic E-state index is 0.0315. The molecule has 0 aliphatic carbocycles. The number of allylic oxidation sites excluding steroid dienone is 2. The molecule has 4 heteroatoms. The molecule has 242 valence electrons. The highest BCUT2D eigenvalue weighted by Gasteiger charge is 2.14. The van der Waals surface area contributed by atoms with Crippen molar-refractivity contribution in [2.45, 2.75) is 213 Å². The molecule has 0 bridgehead atoms. The number of carboxylic acid groups (broad SMARTS) is 1. The van der Waals surface area contributed by atoms with Crippen molar-refractivity contribution in [1.29, 1.82) is 0 Å². The lowest BCUT2D eigenvalue weighted by Gasteiger charge is -2.18. The Labute approximate surface area is 255 Å². The Bertz CT molecular complexity index is 585. The summed E-state index contributed by atoms with van der Waals surface area (Å²) in [6, 6.07) is 0. The number of unbranched alkanes of at least 4 members (excludes halogenated alkanes) is 22. The Morgan fingerprint density at radius 1 is 0.512 bits per heavy atom. The van der Waals surface area contributed by atoms with E-state index in [-0.39, 0.29) is 12.1 Å². The van der Waals surface area contributed by atoms with Gasteiger partial charge in [-0.1, -0.05) is 148 Å². The van der Waals surface area contributed by atoms with Crippen molar-refractivity contribution in [3.63, 3.8) is 0 Å². The van der Waals surface area contributed by atoms with Crippen molar-refractivity contribution in [2.75, 3.05) is 0 Å². The number of carboxylic acids is 1. The van der Waals surface area contributed by atoms with Crippen LogP contribution in [-0.2, 0) is 14.3 Å². The van der Waals surface area contributed by atoms with E-state index in [1.54, 1.807) is 0 Å². The fourth-order valence-electron chi connectivity index (χ4n) is 5.52. The lowest BCUT2D eigenvalue weighted by atomic mass is 10.0. The molecule has 1 atom stereocenters. The molecule has 0 aromatic heterocycles. The van der Waals surface area contributed by atoms with Gasteiger partial charge in [-0.3, -0.25) is 9.59 Å². The van der Waals surface area contributed by atoms with Crippen molar-refractivity contribution in [1.82, 2.24) is 0 Å². The average molecular weight is 579 g/mol. The molecule has 0 spiro atoms. The van der Waals surface area contributed by atoms with E-state index in [9.17, 15) is 9.59 Å². The first-order chi connectivity index (χ1) is 20.1. The summed E-state index contributed by atoms with van der Waals surface area (Å²) in [5.74, 6) is -0.636. The Balaban J connectivity index is 3.73. The van der Waals surface area contributed by atoms with E-state index >= 15 is 0 Å². The molecule has 0 aliphatic rings. The smallest absolute Gasteiger partial charge is 0.306 e. The molecule has 0 saturated heterocycles. The van der Waals surface area contributed by atoms with Gasteiger partial charge in [0.25, 0.3) is 0 Å². The largest absolute Gasteiger partial charge is 0.481 e. The van der Waals surface area contributed by atoms with Crippen LogP contribution in [0.4, 0.5) is 0 Å². The van der Waals surface area contributed by atoms with Crippen molar-refractivity contribution in [3.8, 4) is 0 Å². The van der Waals surface area contributed by atoms with Gasteiger partial charge in [-0.15, -0.1) is 0 Å². The number of hydrogen-bond acceptors (Lipinski definition) is 3. The van der Waals surface area contributed by atoms with E-state index in [4.69, 9.17) is 9.84 Å². The van der Waals surface area contributed by atoms with Gasteiger partial charge in [0.05, 0.1) is 0 Å². The van der Waals surface area contributed by atoms with E-state index in [1.807, 2.05) is 0 Å². The second-order valence-electron chi connectivity index (χ2n) is 12.4. The number of ether oxygens (including phenoxy) is 1. The molecule has 0 aliphatic heterocycles. The second-order valence-corrected chi connectivity index (χ2v) is 12.4. The number of rotatable bonds is 33. The summed E-state index contributed by atoms with van der Waals surface area (Å²) in [6.07, 6.45) is 39.7. The van der Waals surface area contributed by atoms with E-state index in [2.05, 4.69) is 26.0 Å². The van der Waals surface area contributed by atoms with Crippen molar-refractivity contribution in [2.24, 2.45) is 0 Å². The number of carbonyl (C=O) groups excluding carboxylic acids is 1. The van der Waals surface area contributed by atoms with Crippen LogP contribution >= 0.6 is 0 Å². The van der Waals surface area contributed by atoms with Crippen LogP contribution in [0.3, 0.4) is 0 Å². The number of aliphatic carboxylic acids is 1. The second kappa shape index (κ2) is 33.2. The molecule has 4 nitrogen and oxygen atoms in total. The molecule has 0 rings (SSSR count). The molecule has 0 fully saturated rings. The van der Waals surface area contributed by atoms with E-state index < -0.39 is 5.97 Å². The molecular formula is C37H70O4. The first-order valence-corrected chi connectivity index (χ1v) is 18.2. The third-order valence-electron chi connectivity index (χ3n) is 8.24. The van der Waals surface area contributed by atoms with Gasteiger partial charge < -0.3 is 9.84 Å². The zero-order valence-electron chi connectivity index (χ0n) is 27.6. The van der Waals surface area contributed by atoms with Gasteiger partial charge in [0, 0.05) is 12.8 Å². The molecule has 41 heavy (non-hydrogen) atoms. The maximum Gasteiger partial charge on any atom is 0.306 e. The maximum atomic E-state index is 12.5. The normalized spacial score (nSPS) is 12.2. The minimum atomic E-state index is -0.667. The monoisotopic (exact) mass is 579 g/mol. The quantitative estimate of drug-likeness (QED) is 0.0478. The van der Waals surface area contributed by atoms with Gasteiger partial charge in [-0.2, -0.15) is 0 Å². The van der Waals surface area contributed by atoms with Crippen molar-refractivity contribution >= 4 is 11.9 Å².